The van der Waals surface area contributed by atoms with Crippen LogP contribution in [0.1, 0.15) is 20.3 Å². The van der Waals surface area contributed by atoms with E-state index in [9.17, 15) is 5.11 Å². The third-order valence-electron chi connectivity index (χ3n) is 2.80. The summed E-state index contributed by atoms with van der Waals surface area (Å²) < 4.78 is 1.08. The summed E-state index contributed by atoms with van der Waals surface area (Å²) in [6, 6.07) is 8.06. The third-order valence-corrected chi connectivity index (χ3v) is 3.33. The number of halogens is 1. The van der Waals surface area contributed by atoms with Crippen molar-refractivity contribution in [2.75, 3.05) is 18.5 Å². The topological polar surface area (TPSA) is 32.3 Å². The third kappa shape index (κ3) is 3.84. The Morgan fingerprint density at radius 2 is 1.93 bits per heavy atom. The van der Waals surface area contributed by atoms with Crippen LogP contribution >= 0.6 is 15.9 Å². The van der Waals surface area contributed by atoms with E-state index < -0.39 is 0 Å². The van der Waals surface area contributed by atoms with Crippen molar-refractivity contribution in [1.82, 2.24) is 0 Å². The van der Waals surface area contributed by atoms with Crippen molar-refractivity contribution in [1.29, 1.82) is 0 Å². The smallest absolute Gasteiger partial charge is 0.0501 e. The minimum Gasteiger partial charge on any atom is -0.396 e. The zero-order chi connectivity index (χ0) is 11.3. The number of benzene rings is 1. The van der Waals surface area contributed by atoms with Gasteiger partial charge in [-0.2, -0.15) is 0 Å². The first kappa shape index (κ1) is 12.5. The SMILES string of the molecule is CCC(C)(CO)CNc1ccc(Br)cc1. The molecule has 1 aromatic carbocycles. The Morgan fingerprint density at radius 3 is 2.40 bits per heavy atom. The molecule has 0 aliphatic heterocycles. The summed E-state index contributed by atoms with van der Waals surface area (Å²) in [6.45, 7) is 5.19. The van der Waals surface area contributed by atoms with E-state index in [4.69, 9.17) is 0 Å². The summed E-state index contributed by atoms with van der Waals surface area (Å²) in [5.41, 5.74) is 1.05. The Labute approximate surface area is 99.8 Å². The van der Waals surface area contributed by atoms with Crippen LogP contribution in [0, 0.1) is 5.41 Å². The number of aliphatic hydroxyl groups is 1. The van der Waals surface area contributed by atoms with E-state index in [1.54, 1.807) is 0 Å². The molecule has 1 aromatic rings. The van der Waals surface area contributed by atoms with Crippen LogP contribution in [0.3, 0.4) is 0 Å². The number of rotatable bonds is 5. The van der Waals surface area contributed by atoms with Gasteiger partial charge in [0, 0.05) is 22.1 Å². The molecule has 0 aliphatic carbocycles. The molecule has 0 heterocycles. The van der Waals surface area contributed by atoms with E-state index >= 15 is 0 Å². The zero-order valence-electron chi connectivity index (χ0n) is 9.26. The van der Waals surface area contributed by atoms with Gasteiger partial charge < -0.3 is 10.4 Å². The Morgan fingerprint density at radius 1 is 1.33 bits per heavy atom. The first-order valence-electron chi connectivity index (χ1n) is 5.20. The molecular weight excluding hydrogens is 254 g/mol. The molecule has 0 aromatic heterocycles. The number of hydrogen-bond donors (Lipinski definition) is 2. The summed E-state index contributed by atoms with van der Waals surface area (Å²) >= 11 is 3.40. The fourth-order valence-electron chi connectivity index (χ4n) is 1.18. The summed E-state index contributed by atoms with van der Waals surface area (Å²) in [7, 11) is 0. The van der Waals surface area contributed by atoms with Gasteiger partial charge in [-0.25, -0.2) is 0 Å². The van der Waals surface area contributed by atoms with E-state index in [1.807, 2.05) is 24.3 Å². The molecule has 0 amide bonds. The van der Waals surface area contributed by atoms with Crippen LogP contribution in [-0.4, -0.2) is 18.3 Å². The fraction of sp³-hybridized carbons (Fsp3) is 0.500. The Hall–Kier alpha value is -0.540. The summed E-state index contributed by atoms with van der Waals surface area (Å²) in [4.78, 5) is 0. The van der Waals surface area contributed by atoms with Gasteiger partial charge in [-0.1, -0.05) is 29.8 Å². The molecular formula is C12H18BrNO. The molecule has 0 fully saturated rings. The average Bonchev–Trinajstić information content (AvgIpc) is 2.28. The lowest BCUT2D eigenvalue weighted by Gasteiger charge is -2.26. The molecule has 1 unspecified atom stereocenters. The fourth-order valence-corrected chi connectivity index (χ4v) is 1.44. The maximum absolute atomic E-state index is 9.26. The second-order valence-electron chi connectivity index (χ2n) is 4.18. The lowest BCUT2D eigenvalue weighted by atomic mass is 9.88. The normalized spacial score (nSPS) is 14.7. The van der Waals surface area contributed by atoms with Crippen LogP contribution in [-0.2, 0) is 0 Å². The molecule has 3 heteroatoms. The van der Waals surface area contributed by atoms with Crippen LogP contribution in [0.2, 0.25) is 0 Å². The molecule has 0 spiro atoms. The van der Waals surface area contributed by atoms with Crippen molar-refractivity contribution in [3.05, 3.63) is 28.7 Å². The number of anilines is 1. The molecule has 0 aliphatic rings. The summed E-state index contributed by atoms with van der Waals surface area (Å²) in [6.07, 6.45) is 0.965. The van der Waals surface area contributed by atoms with E-state index in [1.165, 1.54) is 0 Å². The second kappa shape index (κ2) is 5.52. The van der Waals surface area contributed by atoms with Gasteiger partial charge in [0.05, 0.1) is 6.61 Å². The Balaban J connectivity index is 2.53. The Kier molecular flexibility index (Phi) is 4.61. The maximum atomic E-state index is 9.26. The molecule has 0 saturated heterocycles. The molecule has 0 bridgehead atoms. The highest BCUT2D eigenvalue weighted by Crippen LogP contribution is 2.21. The highest BCUT2D eigenvalue weighted by atomic mass is 79.9. The minimum atomic E-state index is -0.0346. The molecule has 2 nitrogen and oxygen atoms in total. The first-order chi connectivity index (χ1) is 7.09. The Bertz CT molecular complexity index is 293. The quantitative estimate of drug-likeness (QED) is 0.862. The van der Waals surface area contributed by atoms with E-state index in [0.29, 0.717) is 0 Å². The predicted molar refractivity (Wildman–Crippen MR) is 68.1 cm³/mol. The molecule has 2 N–H and O–H groups in total. The van der Waals surface area contributed by atoms with Gasteiger partial charge in [0.1, 0.15) is 0 Å². The van der Waals surface area contributed by atoms with Crippen LogP contribution < -0.4 is 5.32 Å². The number of nitrogens with one attached hydrogen (secondary N) is 1. The van der Waals surface area contributed by atoms with Gasteiger partial charge in [-0.05, 0) is 30.7 Å². The average molecular weight is 272 g/mol. The van der Waals surface area contributed by atoms with Crippen molar-refractivity contribution >= 4 is 21.6 Å². The lowest BCUT2D eigenvalue weighted by molar-refractivity contribution is 0.149. The maximum Gasteiger partial charge on any atom is 0.0501 e. The molecule has 1 rings (SSSR count). The van der Waals surface area contributed by atoms with Crippen LogP contribution in [0.4, 0.5) is 5.69 Å². The predicted octanol–water partition coefficient (Wildman–Crippen LogP) is 3.27. The van der Waals surface area contributed by atoms with Gasteiger partial charge in [-0.15, -0.1) is 0 Å². The molecule has 84 valence electrons. The number of aliphatic hydroxyl groups excluding tert-OH is 1. The van der Waals surface area contributed by atoms with Crippen molar-refractivity contribution < 1.29 is 5.11 Å². The molecule has 0 saturated carbocycles. The van der Waals surface area contributed by atoms with Crippen molar-refractivity contribution in [2.24, 2.45) is 5.41 Å². The van der Waals surface area contributed by atoms with Crippen LogP contribution in [0.25, 0.3) is 0 Å². The van der Waals surface area contributed by atoms with Crippen LogP contribution in [0.15, 0.2) is 28.7 Å². The zero-order valence-corrected chi connectivity index (χ0v) is 10.8. The van der Waals surface area contributed by atoms with Gasteiger partial charge in [-0.3, -0.25) is 0 Å². The van der Waals surface area contributed by atoms with E-state index in [-0.39, 0.29) is 12.0 Å². The minimum absolute atomic E-state index is 0.0346. The monoisotopic (exact) mass is 271 g/mol. The highest BCUT2D eigenvalue weighted by molar-refractivity contribution is 9.10. The summed E-state index contributed by atoms with van der Waals surface area (Å²) in [5, 5.41) is 12.6. The van der Waals surface area contributed by atoms with E-state index in [2.05, 4.69) is 35.1 Å². The van der Waals surface area contributed by atoms with Crippen molar-refractivity contribution in [3.63, 3.8) is 0 Å². The van der Waals surface area contributed by atoms with Gasteiger partial charge in [0.15, 0.2) is 0 Å². The van der Waals surface area contributed by atoms with Crippen molar-refractivity contribution in [3.8, 4) is 0 Å². The molecule has 1 atom stereocenters. The van der Waals surface area contributed by atoms with Gasteiger partial charge in [0.25, 0.3) is 0 Å². The number of hydrogen-bond acceptors (Lipinski definition) is 2. The first-order valence-corrected chi connectivity index (χ1v) is 5.99. The van der Waals surface area contributed by atoms with Gasteiger partial charge in [0.2, 0.25) is 0 Å². The molecule has 15 heavy (non-hydrogen) atoms. The summed E-state index contributed by atoms with van der Waals surface area (Å²) in [5.74, 6) is 0. The highest BCUT2D eigenvalue weighted by Gasteiger charge is 2.20. The van der Waals surface area contributed by atoms with Gasteiger partial charge >= 0.3 is 0 Å². The van der Waals surface area contributed by atoms with Crippen molar-refractivity contribution in [2.45, 2.75) is 20.3 Å². The largest absolute Gasteiger partial charge is 0.396 e. The second-order valence-corrected chi connectivity index (χ2v) is 5.10. The standard InChI is InChI=1S/C12H18BrNO/c1-3-12(2,9-15)8-14-11-6-4-10(13)5-7-11/h4-7,14-15H,3,8-9H2,1-2H3. The van der Waals surface area contributed by atoms with Crippen LogP contribution in [0.5, 0.6) is 0 Å². The van der Waals surface area contributed by atoms with E-state index in [0.717, 1.165) is 23.1 Å². The lowest BCUT2D eigenvalue weighted by Crippen LogP contribution is -2.29. The molecule has 0 radical (unpaired) electrons.